The van der Waals surface area contributed by atoms with Gasteiger partial charge in [-0.25, -0.2) is 0 Å². The van der Waals surface area contributed by atoms with Gasteiger partial charge in [-0.3, -0.25) is 4.79 Å². The van der Waals surface area contributed by atoms with Crippen LogP contribution in [0.5, 0.6) is 0 Å². The van der Waals surface area contributed by atoms with Gasteiger partial charge in [-0.15, -0.1) is 0 Å². The third kappa shape index (κ3) is 4.10. The Bertz CT molecular complexity index is 134. The first-order valence-corrected chi connectivity index (χ1v) is 5.20. The summed E-state index contributed by atoms with van der Waals surface area (Å²) < 4.78 is 0. The summed E-state index contributed by atoms with van der Waals surface area (Å²) in [5.41, 5.74) is 0. The van der Waals surface area contributed by atoms with Crippen molar-refractivity contribution in [2.45, 2.75) is 46.5 Å². The van der Waals surface area contributed by atoms with Crippen LogP contribution in [-0.2, 0) is 4.79 Å². The molecule has 0 aromatic heterocycles. The summed E-state index contributed by atoms with van der Waals surface area (Å²) in [4.78, 5) is 11.0. The fraction of sp³-hybridized carbons (Fsp3) is 0.900. The lowest BCUT2D eigenvalue weighted by Crippen LogP contribution is -2.17. The molecule has 2 heteroatoms. The topological polar surface area (TPSA) is 17.1 Å². The lowest BCUT2D eigenvalue weighted by molar-refractivity contribution is -0.116. The highest BCUT2D eigenvalue weighted by Crippen LogP contribution is 2.23. The Morgan fingerprint density at radius 3 is 2.33 bits per heavy atom. The molecule has 0 saturated heterocycles. The second kappa shape index (κ2) is 6.47. The van der Waals surface area contributed by atoms with Crippen LogP contribution in [0.25, 0.3) is 0 Å². The summed E-state index contributed by atoms with van der Waals surface area (Å²) in [6.45, 7) is 6.33. The molecular weight excluding hydrogens is 172 g/mol. The van der Waals surface area contributed by atoms with Crippen molar-refractivity contribution >= 4 is 16.8 Å². The average molecular weight is 191 g/mol. The van der Waals surface area contributed by atoms with Crippen molar-refractivity contribution in [3.8, 4) is 0 Å². The first kappa shape index (κ1) is 12.0. The molecule has 0 fully saturated rings. The van der Waals surface area contributed by atoms with Crippen molar-refractivity contribution in [2.24, 2.45) is 11.8 Å². The summed E-state index contributed by atoms with van der Waals surface area (Å²) in [7, 11) is 0. The molecule has 0 aliphatic carbocycles. The maximum Gasteiger partial charge on any atom is 0.224 e. The number of hydrogen-bond donors (Lipinski definition) is 0. The quantitative estimate of drug-likeness (QED) is 0.585. The first-order chi connectivity index (χ1) is 5.63. The van der Waals surface area contributed by atoms with Gasteiger partial charge in [0.1, 0.15) is 0 Å². The van der Waals surface area contributed by atoms with Crippen LogP contribution in [-0.4, -0.2) is 5.24 Å². The number of halogens is 1. The van der Waals surface area contributed by atoms with Crippen molar-refractivity contribution < 1.29 is 4.79 Å². The van der Waals surface area contributed by atoms with Gasteiger partial charge < -0.3 is 0 Å². The van der Waals surface area contributed by atoms with Gasteiger partial charge in [0.2, 0.25) is 5.24 Å². The number of carbonyl (C=O) groups is 1. The van der Waals surface area contributed by atoms with Gasteiger partial charge in [0.25, 0.3) is 0 Å². The second-order valence-corrected chi connectivity index (χ2v) is 3.81. The summed E-state index contributed by atoms with van der Waals surface area (Å²) >= 11 is 5.51. The summed E-state index contributed by atoms with van der Waals surface area (Å²) in [6, 6.07) is 0. The fourth-order valence-corrected chi connectivity index (χ4v) is 1.65. The molecule has 0 saturated carbocycles. The molecule has 0 radical (unpaired) electrons. The molecular formula is C10H19ClO. The minimum atomic E-state index is -0.155. The van der Waals surface area contributed by atoms with E-state index in [1.165, 1.54) is 0 Å². The van der Waals surface area contributed by atoms with Crippen molar-refractivity contribution in [3.05, 3.63) is 0 Å². The summed E-state index contributed by atoms with van der Waals surface area (Å²) in [5, 5.41) is -0.155. The van der Waals surface area contributed by atoms with Crippen LogP contribution in [0.1, 0.15) is 46.5 Å². The highest BCUT2D eigenvalue weighted by Gasteiger charge is 2.21. The van der Waals surface area contributed by atoms with Crippen molar-refractivity contribution in [3.63, 3.8) is 0 Å². The Labute approximate surface area is 80.5 Å². The number of unbranched alkanes of at least 4 members (excludes halogenated alkanes) is 1. The largest absolute Gasteiger partial charge is 0.281 e. The number of carbonyl (C=O) groups excluding carboxylic acids is 1. The zero-order chi connectivity index (χ0) is 9.56. The molecule has 0 rings (SSSR count). The van der Waals surface area contributed by atoms with E-state index in [1.807, 2.05) is 0 Å². The highest BCUT2D eigenvalue weighted by atomic mass is 35.5. The minimum absolute atomic E-state index is 0.0802. The van der Waals surface area contributed by atoms with E-state index in [9.17, 15) is 4.79 Å². The molecule has 0 aliphatic rings. The monoisotopic (exact) mass is 190 g/mol. The van der Waals surface area contributed by atoms with E-state index < -0.39 is 0 Å². The minimum Gasteiger partial charge on any atom is -0.281 e. The fourth-order valence-electron chi connectivity index (χ4n) is 1.33. The number of rotatable bonds is 6. The highest BCUT2D eigenvalue weighted by molar-refractivity contribution is 6.64. The van der Waals surface area contributed by atoms with Gasteiger partial charge in [0.15, 0.2) is 0 Å². The van der Waals surface area contributed by atoms with Crippen molar-refractivity contribution in [1.82, 2.24) is 0 Å². The second-order valence-electron chi connectivity index (χ2n) is 3.44. The molecule has 0 heterocycles. The predicted molar refractivity (Wildman–Crippen MR) is 53.3 cm³/mol. The maximum absolute atomic E-state index is 11.0. The molecule has 0 aromatic carbocycles. The van der Waals surface area contributed by atoms with E-state index in [4.69, 9.17) is 11.6 Å². The molecule has 0 spiro atoms. The molecule has 12 heavy (non-hydrogen) atoms. The van der Waals surface area contributed by atoms with Gasteiger partial charge in [-0.1, -0.05) is 40.0 Å². The molecule has 0 bridgehead atoms. The third-order valence-electron chi connectivity index (χ3n) is 2.49. The van der Waals surface area contributed by atoms with Gasteiger partial charge in [-0.05, 0) is 23.9 Å². The van der Waals surface area contributed by atoms with Crippen LogP contribution >= 0.6 is 11.6 Å². The Kier molecular flexibility index (Phi) is 6.45. The van der Waals surface area contributed by atoms with Gasteiger partial charge in [0, 0.05) is 5.92 Å². The molecule has 0 aromatic rings. The zero-order valence-corrected chi connectivity index (χ0v) is 9.03. The predicted octanol–water partition coefficient (Wildman–Crippen LogP) is 3.60. The van der Waals surface area contributed by atoms with Gasteiger partial charge >= 0.3 is 0 Å². The smallest absolute Gasteiger partial charge is 0.224 e. The normalized spacial score (nSPS) is 15.7. The molecule has 2 unspecified atom stereocenters. The zero-order valence-electron chi connectivity index (χ0n) is 8.27. The standard InChI is InChI=1S/C10H19ClO/c1-4-6-7-9(10(11)12)8(3)5-2/h8-9H,4-7H2,1-3H3. The molecule has 0 N–H and O–H groups in total. The average Bonchev–Trinajstić information content (AvgIpc) is 2.04. The lowest BCUT2D eigenvalue weighted by Gasteiger charge is -2.18. The Balaban J connectivity index is 3.94. The van der Waals surface area contributed by atoms with Crippen molar-refractivity contribution in [2.75, 3.05) is 0 Å². The van der Waals surface area contributed by atoms with E-state index in [0.29, 0.717) is 5.92 Å². The van der Waals surface area contributed by atoms with Crippen LogP contribution in [0.4, 0.5) is 0 Å². The Morgan fingerprint density at radius 2 is 2.00 bits per heavy atom. The third-order valence-corrected chi connectivity index (χ3v) is 2.77. The van der Waals surface area contributed by atoms with Crippen LogP contribution < -0.4 is 0 Å². The first-order valence-electron chi connectivity index (χ1n) is 4.82. The van der Waals surface area contributed by atoms with Crippen LogP contribution in [0.15, 0.2) is 0 Å². The van der Waals surface area contributed by atoms with Crippen LogP contribution in [0.2, 0.25) is 0 Å². The van der Waals surface area contributed by atoms with Crippen LogP contribution in [0, 0.1) is 11.8 Å². The van der Waals surface area contributed by atoms with E-state index in [-0.39, 0.29) is 11.2 Å². The van der Waals surface area contributed by atoms with Gasteiger partial charge in [0.05, 0.1) is 0 Å². The van der Waals surface area contributed by atoms with Gasteiger partial charge in [-0.2, -0.15) is 0 Å². The Hall–Kier alpha value is -0.0400. The Morgan fingerprint density at radius 1 is 1.42 bits per heavy atom. The molecule has 0 aliphatic heterocycles. The summed E-state index contributed by atoms with van der Waals surface area (Å²) in [5.74, 6) is 0.512. The molecule has 72 valence electrons. The van der Waals surface area contributed by atoms with E-state index in [2.05, 4.69) is 20.8 Å². The number of hydrogen-bond acceptors (Lipinski definition) is 1. The lowest BCUT2D eigenvalue weighted by atomic mass is 9.88. The SMILES string of the molecule is CCCCC(C(=O)Cl)C(C)CC. The molecule has 0 amide bonds. The summed E-state index contributed by atoms with van der Waals surface area (Å²) in [6.07, 6.45) is 4.23. The maximum atomic E-state index is 11.0. The molecule has 1 nitrogen and oxygen atoms in total. The molecule has 2 atom stereocenters. The van der Waals surface area contributed by atoms with Crippen molar-refractivity contribution in [1.29, 1.82) is 0 Å². The van der Waals surface area contributed by atoms with E-state index >= 15 is 0 Å². The van der Waals surface area contributed by atoms with E-state index in [0.717, 1.165) is 25.7 Å². The van der Waals surface area contributed by atoms with Crippen LogP contribution in [0.3, 0.4) is 0 Å². The van der Waals surface area contributed by atoms with E-state index in [1.54, 1.807) is 0 Å².